The molecule has 2 aromatic carbocycles. The van der Waals surface area contributed by atoms with Crippen LogP contribution in [0.25, 0.3) is 6.08 Å². The lowest BCUT2D eigenvalue weighted by Crippen LogP contribution is -1.99. The van der Waals surface area contributed by atoms with E-state index in [4.69, 9.17) is 10.5 Å². The van der Waals surface area contributed by atoms with Gasteiger partial charge in [0.1, 0.15) is 0 Å². The molecule has 2 rings (SSSR count). The van der Waals surface area contributed by atoms with Crippen molar-refractivity contribution in [2.45, 2.75) is 60.3 Å². The van der Waals surface area contributed by atoms with Crippen LogP contribution in [0.5, 0.6) is 0 Å². The minimum absolute atomic E-state index is 0.469. The molecule has 2 N–H and O–H groups in total. The number of hydrogen-bond acceptors (Lipinski definition) is 4. The van der Waals surface area contributed by atoms with Gasteiger partial charge in [-0.1, -0.05) is 77.1 Å². The highest BCUT2D eigenvalue weighted by molar-refractivity contribution is 5.56. The minimum Gasteiger partial charge on any atom is -0.388 e. The number of benzene rings is 2. The summed E-state index contributed by atoms with van der Waals surface area (Å²) in [6.07, 6.45) is 13.9. The Kier molecular flexibility index (Phi) is 27.1. The van der Waals surface area contributed by atoms with Gasteiger partial charge in [-0.25, -0.2) is 0 Å². The van der Waals surface area contributed by atoms with Crippen molar-refractivity contribution < 1.29 is 0 Å². The Morgan fingerprint density at radius 2 is 1.52 bits per heavy atom. The standard InChI is InChI=1S/C21H25N3.C2H3N.2C2H6.C2H2/c1-17(20-9-3-4-10-21(20)23-2)7-5-8-18-11-13-19(14-12-18)24-16-6-15-22;1-2-3;3*1-2/h3-5,8-14,17,23-24H,6-7,16H2,1-2H3;1H3;2*1-2H3;1-2H/b8-5+;;;;. The molecule has 0 saturated carbocycles. The molecule has 0 amide bonds. The zero-order chi connectivity index (χ0) is 25.9. The van der Waals surface area contributed by atoms with E-state index in [2.05, 4.69) is 97.2 Å². The zero-order valence-corrected chi connectivity index (χ0v) is 21.5. The van der Waals surface area contributed by atoms with Crippen LogP contribution in [0.15, 0.2) is 54.6 Å². The Hall–Kier alpha value is -3.68. The second kappa shape index (κ2) is 26.4. The maximum Gasteiger partial charge on any atom is 0.0640 e. The van der Waals surface area contributed by atoms with E-state index in [1.54, 1.807) is 6.07 Å². The van der Waals surface area contributed by atoms with Gasteiger partial charge in [0, 0.05) is 31.9 Å². The summed E-state index contributed by atoms with van der Waals surface area (Å²) in [6, 6.07) is 20.6. The molecule has 0 aliphatic carbocycles. The van der Waals surface area contributed by atoms with Crippen molar-refractivity contribution in [3.8, 4) is 25.0 Å². The molecule has 2 aromatic rings. The second-order valence-electron chi connectivity index (χ2n) is 6.06. The first kappa shape index (κ1) is 33.9. The van der Waals surface area contributed by atoms with Crippen LogP contribution in [0.2, 0.25) is 0 Å². The molecule has 0 aromatic heterocycles. The van der Waals surface area contributed by atoms with E-state index in [0.717, 1.165) is 12.1 Å². The van der Waals surface area contributed by atoms with Crippen LogP contribution < -0.4 is 10.6 Å². The lowest BCUT2D eigenvalue weighted by molar-refractivity contribution is 0.784. The summed E-state index contributed by atoms with van der Waals surface area (Å²) >= 11 is 0. The number of hydrogen-bond donors (Lipinski definition) is 2. The predicted octanol–water partition coefficient (Wildman–Crippen LogP) is 8.09. The van der Waals surface area contributed by atoms with Crippen LogP contribution in [-0.2, 0) is 0 Å². The highest BCUT2D eigenvalue weighted by atomic mass is 14.9. The first-order valence-corrected chi connectivity index (χ1v) is 11.4. The van der Waals surface area contributed by atoms with Gasteiger partial charge in [-0.3, -0.25) is 0 Å². The summed E-state index contributed by atoms with van der Waals surface area (Å²) < 4.78 is 0. The third kappa shape index (κ3) is 16.7. The number of allylic oxidation sites excluding steroid dienone is 1. The third-order valence-corrected chi connectivity index (χ3v) is 4.04. The van der Waals surface area contributed by atoms with Crippen molar-refractivity contribution >= 4 is 17.5 Å². The van der Waals surface area contributed by atoms with E-state index >= 15 is 0 Å². The molecule has 0 aliphatic heterocycles. The molecule has 0 saturated heterocycles. The highest BCUT2D eigenvalue weighted by Crippen LogP contribution is 2.27. The monoisotopic (exact) mass is 446 g/mol. The van der Waals surface area contributed by atoms with E-state index in [1.165, 1.54) is 23.7 Å². The fourth-order valence-electron chi connectivity index (χ4n) is 2.66. The summed E-state index contributed by atoms with van der Waals surface area (Å²) in [6.45, 7) is 12.4. The summed E-state index contributed by atoms with van der Waals surface area (Å²) in [5.41, 5.74) is 4.79. The molecule has 0 bridgehead atoms. The molecule has 0 fully saturated rings. The molecule has 0 spiro atoms. The Morgan fingerprint density at radius 3 is 2.03 bits per heavy atom. The molecule has 1 unspecified atom stereocenters. The van der Waals surface area contributed by atoms with Crippen molar-refractivity contribution in [2.75, 3.05) is 24.2 Å². The number of terminal acetylenes is 1. The van der Waals surface area contributed by atoms with Crippen LogP contribution in [0, 0.1) is 35.5 Å². The van der Waals surface area contributed by atoms with Crippen molar-refractivity contribution in [1.29, 1.82) is 10.5 Å². The van der Waals surface area contributed by atoms with Gasteiger partial charge in [0.2, 0.25) is 0 Å². The maximum atomic E-state index is 8.54. The number of nitrogens with zero attached hydrogens (tertiary/aromatic N) is 2. The first-order valence-electron chi connectivity index (χ1n) is 11.4. The fourth-order valence-corrected chi connectivity index (χ4v) is 2.66. The van der Waals surface area contributed by atoms with Gasteiger partial charge in [-0.2, -0.15) is 10.5 Å². The number of nitrogens with one attached hydrogen (secondary N) is 2. The summed E-state index contributed by atoms with van der Waals surface area (Å²) in [5.74, 6) is 0.469. The molecule has 0 heterocycles. The normalized spacial score (nSPS) is 9.30. The van der Waals surface area contributed by atoms with Gasteiger partial charge in [0.05, 0.1) is 18.6 Å². The average Bonchev–Trinajstić information content (AvgIpc) is 2.89. The van der Waals surface area contributed by atoms with E-state index in [0.29, 0.717) is 18.9 Å². The Labute approximate surface area is 203 Å². The summed E-state index contributed by atoms with van der Waals surface area (Å²) in [7, 11) is 1.97. The minimum atomic E-state index is 0.469. The molecule has 0 aliphatic rings. The number of rotatable bonds is 8. The first-order chi connectivity index (χ1) is 16.2. The quantitative estimate of drug-likeness (QED) is 0.317. The van der Waals surface area contributed by atoms with Crippen molar-refractivity contribution in [1.82, 2.24) is 0 Å². The summed E-state index contributed by atoms with van der Waals surface area (Å²) in [4.78, 5) is 0. The number of anilines is 2. The van der Waals surface area contributed by atoms with E-state index in [1.807, 2.05) is 34.7 Å². The summed E-state index contributed by atoms with van der Waals surface area (Å²) in [5, 5.41) is 22.4. The number of para-hydroxylation sites is 1. The van der Waals surface area contributed by atoms with Gasteiger partial charge in [-0.05, 0) is 41.7 Å². The Bertz CT molecular complexity index is 821. The van der Waals surface area contributed by atoms with Crippen LogP contribution >= 0.6 is 0 Å². The van der Waals surface area contributed by atoms with Gasteiger partial charge < -0.3 is 10.6 Å². The topological polar surface area (TPSA) is 71.6 Å². The lowest BCUT2D eigenvalue weighted by atomic mass is 9.95. The average molecular weight is 447 g/mol. The SMILES string of the molecule is C#C.CC.CC.CC#N.CNc1ccccc1C(C)C/C=C/c1ccc(NCCC#N)cc1. The van der Waals surface area contributed by atoms with Gasteiger partial charge >= 0.3 is 0 Å². The third-order valence-electron chi connectivity index (χ3n) is 4.04. The molecule has 33 heavy (non-hydrogen) atoms. The van der Waals surface area contributed by atoms with Gasteiger partial charge in [0.15, 0.2) is 0 Å². The van der Waals surface area contributed by atoms with Gasteiger partial charge in [0.25, 0.3) is 0 Å². The van der Waals surface area contributed by atoms with Crippen molar-refractivity contribution in [3.05, 3.63) is 65.7 Å². The predicted molar refractivity (Wildman–Crippen MR) is 147 cm³/mol. The fraction of sp³-hybridized carbons (Fsp3) is 0.379. The highest BCUT2D eigenvalue weighted by Gasteiger charge is 2.07. The van der Waals surface area contributed by atoms with E-state index < -0.39 is 0 Å². The molecule has 178 valence electrons. The largest absolute Gasteiger partial charge is 0.388 e. The van der Waals surface area contributed by atoms with Crippen molar-refractivity contribution in [2.24, 2.45) is 0 Å². The van der Waals surface area contributed by atoms with E-state index in [9.17, 15) is 0 Å². The Morgan fingerprint density at radius 1 is 0.970 bits per heavy atom. The van der Waals surface area contributed by atoms with Crippen LogP contribution in [0.4, 0.5) is 11.4 Å². The molecule has 1 atom stereocenters. The van der Waals surface area contributed by atoms with Crippen LogP contribution in [-0.4, -0.2) is 13.6 Å². The van der Waals surface area contributed by atoms with Gasteiger partial charge in [-0.15, -0.1) is 12.8 Å². The molecule has 4 nitrogen and oxygen atoms in total. The van der Waals surface area contributed by atoms with Crippen LogP contribution in [0.1, 0.15) is 71.4 Å². The molecule has 4 heteroatoms. The van der Waals surface area contributed by atoms with Crippen molar-refractivity contribution in [3.63, 3.8) is 0 Å². The molecular weight excluding hydrogens is 404 g/mol. The second-order valence-corrected chi connectivity index (χ2v) is 6.06. The lowest BCUT2D eigenvalue weighted by Gasteiger charge is -2.14. The number of nitriles is 2. The van der Waals surface area contributed by atoms with E-state index in [-0.39, 0.29) is 0 Å². The maximum absolute atomic E-state index is 8.54. The molecule has 0 radical (unpaired) electrons. The smallest absolute Gasteiger partial charge is 0.0640 e. The zero-order valence-electron chi connectivity index (χ0n) is 21.5. The molecular formula is C29H42N4. The van der Waals surface area contributed by atoms with Crippen LogP contribution in [0.3, 0.4) is 0 Å². The Balaban J connectivity index is -0.000000882.